The lowest BCUT2D eigenvalue weighted by atomic mass is 10.0. The molecule has 0 fully saturated rings. The molecule has 2 nitrogen and oxygen atoms in total. The highest BCUT2D eigenvalue weighted by Crippen LogP contribution is 2.26. The van der Waals surface area contributed by atoms with Crippen molar-refractivity contribution in [2.45, 2.75) is 32.7 Å². The van der Waals surface area contributed by atoms with Crippen molar-refractivity contribution < 1.29 is 0 Å². The van der Waals surface area contributed by atoms with Crippen LogP contribution < -0.4 is 10.6 Å². The van der Waals surface area contributed by atoms with Crippen LogP contribution in [0.15, 0.2) is 41.8 Å². The van der Waals surface area contributed by atoms with Crippen LogP contribution in [0.1, 0.15) is 42.3 Å². The average Bonchev–Trinajstić information content (AvgIpc) is 3.05. The van der Waals surface area contributed by atoms with Gasteiger partial charge in [0.25, 0.3) is 0 Å². The van der Waals surface area contributed by atoms with Crippen LogP contribution in [0.5, 0.6) is 0 Å². The number of benzene rings is 1. The Morgan fingerprint density at radius 1 is 1.19 bits per heavy atom. The van der Waals surface area contributed by atoms with Crippen molar-refractivity contribution in [3.05, 3.63) is 57.8 Å². The first-order valence-corrected chi connectivity index (χ1v) is 8.70. The monoisotopic (exact) mass is 318 g/mol. The van der Waals surface area contributed by atoms with Crippen LogP contribution in [0.2, 0.25) is 0 Å². The summed E-state index contributed by atoms with van der Waals surface area (Å²) < 4.78 is 0. The fourth-order valence-corrected chi connectivity index (χ4v) is 3.16. The van der Waals surface area contributed by atoms with Crippen LogP contribution in [0.4, 0.5) is 0 Å². The predicted octanol–water partition coefficient (Wildman–Crippen LogP) is 4.27. The first-order chi connectivity index (χ1) is 10.2. The van der Waals surface area contributed by atoms with Crippen molar-refractivity contribution >= 4 is 28.7 Å². The molecule has 0 amide bonds. The van der Waals surface area contributed by atoms with Gasteiger partial charge in [0.15, 0.2) is 5.11 Å². The number of aryl methyl sites for hydroxylation is 1. The van der Waals surface area contributed by atoms with E-state index in [1.54, 1.807) is 11.3 Å². The van der Waals surface area contributed by atoms with E-state index < -0.39 is 0 Å². The van der Waals surface area contributed by atoms with Gasteiger partial charge in [0, 0.05) is 11.4 Å². The van der Waals surface area contributed by atoms with E-state index in [-0.39, 0.29) is 6.04 Å². The zero-order valence-electron chi connectivity index (χ0n) is 12.6. The lowest BCUT2D eigenvalue weighted by Crippen LogP contribution is -2.38. The van der Waals surface area contributed by atoms with Crippen LogP contribution in [0.25, 0.3) is 0 Å². The van der Waals surface area contributed by atoms with Gasteiger partial charge in [0.2, 0.25) is 0 Å². The summed E-state index contributed by atoms with van der Waals surface area (Å²) in [5.41, 5.74) is 2.60. The maximum Gasteiger partial charge on any atom is 0.167 e. The topological polar surface area (TPSA) is 24.1 Å². The Bertz CT molecular complexity index is 547. The van der Waals surface area contributed by atoms with E-state index in [9.17, 15) is 0 Å². The molecule has 0 spiro atoms. The van der Waals surface area contributed by atoms with Crippen molar-refractivity contribution in [3.8, 4) is 0 Å². The Labute approximate surface area is 136 Å². The fourth-order valence-electron chi connectivity index (χ4n) is 2.14. The van der Waals surface area contributed by atoms with Crippen LogP contribution >= 0.6 is 23.6 Å². The molecule has 0 radical (unpaired) electrons. The van der Waals surface area contributed by atoms with Crippen molar-refractivity contribution in [2.24, 2.45) is 0 Å². The predicted molar refractivity (Wildman–Crippen MR) is 96.0 cm³/mol. The summed E-state index contributed by atoms with van der Waals surface area (Å²) in [6.45, 7) is 5.21. The summed E-state index contributed by atoms with van der Waals surface area (Å²) in [5.74, 6) is 0. The Kier molecular flexibility index (Phi) is 6.21. The zero-order chi connectivity index (χ0) is 15.1. The Morgan fingerprint density at radius 3 is 2.52 bits per heavy atom. The van der Waals surface area contributed by atoms with Crippen LogP contribution in [-0.4, -0.2) is 11.7 Å². The second-order valence-electron chi connectivity index (χ2n) is 4.94. The molecule has 2 rings (SSSR count). The SMILES string of the molecule is CCCNC(=S)N[C@@H](c1ccc(CC)cc1)c1cccs1. The maximum atomic E-state index is 5.40. The maximum absolute atomic E-state index is 5.40. The molecule has 21 heavy (non-hydrogen) atoms. The molecule has 1 aromatic carbocycles. The minimum Gasteiger partial charge on any atom is -0.363 e. The Morgan fingerprint density at radius 2 is 1.95 bits per heavy atom. The molecule has 0 aliphatic rings. The third kappa shape index (κ3) is 4.55. The highest BCUT2D eigenvalue weighted by Gasteiger charge is 2.16. The van der Waals surface area contributed by atoms with E-state index in [0.717, 1.165) is 24.5 Å². The number of thiophene rings is 1. The second-order valence-corrected chi connectivity index (χ2v) is 6.33. The molecule has 1 aromatic heterocycles. The van der Waals surface area contributed by atoms with Crippen LogP contribution in [0, 0.1) is 0 Å². The minimum atomic E-state index is 0.118. The molecule has 1 heterocycles. The number of hydrogen-bond donors (Lipinski definition) is 2. The second kappa shape index (κ2) is 8.15. The van der Waals surface area contributed by atoms with Crippen LogP contribution in [-0.2, 0) is 6.42 Å². The summed E-state index contributed by atoms with van der Waals surface area (Å²) in [6, 6.07) is 13.1. The molecular weight excluding hydrogens is 296 g/mol. The fraction of sp³-hybridized carbons (Fsp3) is 0.353. The quantitative estimate of drug-likeness (QED) is 0.778. The summed E-state index contributed by atoms with van der Waals surface area (Å²) >= 11 is 7.15. The number of rotatable bonds is 6. The number of nitrogens with one attached hydrogen (secondary N) is 2. The molecular formula is C17H22N2S2. The van der Waals surface area contributed by atoms with Gasteiger partial charge in [0.05, 0.1) is 6.04 Å². The molecule has 0 aliphatic heterocycles. The summed E-state index contributed by atoms with van der Waals surface area (Å²) in [6.07, 6.45) is 2.13. The lowest BCUT2D eigenvalue weighted by molar-refractivity contribution is 0.738. The van der Waals surface area contributed by atoms with Gasteiger partial charge in [-0.2, -0.15) is 0 Å². The van der Waals surface area contributed by atoms with Crippen molar-refractivity contribution in [2.75, 3.05) is 6.54 Å². The van der Waals surface area contributed by atoms with Gasteiger partial charge in [-0.05, 0) is 47.6 Å². The largest absolute Gasteiger partial charge is 0.363 e. The first-order valence-electron chi connectivity index (χ1n) is 7.41. The Balaban J connectivity index is 2.17. The summed E-state index contributed by atoms with van der Waals surface area (Å²) in [7, 11) is 0. The molecule has 0 saturated heterocycles. The number of hydrogen-bond acceptors (Lipinski definition) is 2. The molecule has 0 aliphatic carbocycles. The van der Waals surface area contributed by atoms with E-state index in [0.29, 0.717) is 0 Å². The standard InChI is InChI=1S/C17H22N2S2/c1-3-11-18-17(20)19-16(15-6-5-12-21-15)14-9-7-13(4-2)8-10-14/h5-10,12,16H,3-4,11H2,1-2H3,(H2,18,19,20)/t16-/m0/s1. The van der Waals surface area contributed by atoms with E-state index in [4.69, 9.17) is 12.2 Å². The molecule has 1 atom stereocenters. The van der Waals surface area contributed by atoms with Crippen LogP contribution in [0.3, 0.4) is 0 Å². The van der Waals surface area contributed by atoms with Gasteiger partial charge >= 0.3 is 0 Å². The lowest BCUT2D eigenvalue weighted by Gasteiger charge is -2.20. The van der Waals surface area contributed by atoms with Crippen molar-refractivity contribution in [3.63, 3.8) is 0 Å². The van der Waals surface area contributed by atoms with Gasteiger partial charge in [-0.1, -0.05) is 44.2 Å². The third-order valence-electron chi connectivity index (χ3n) is 3.36. The van der Waals surface area contributed by atoms with E-state index >= 15 is 0 Å². The van der Waals surface area contributed by atoms with Gasteiger partial charge in [-0.15, -0.1) is 11.3 Å². The molecule has 0 saturated carbocycles. The molecule has 4 heteroatoms. The summed E-state index contributed by atoms with van der Waals surface area (Å²) in [5, 5.41) is 9.50. The molecule has 2 aromatic rings. The zero-order valence-corrected chi connectivity index (χ0v) is 14.2. The van der Waals surface area contributed by atoms with Crippen molar-refractivity contribution in [1.29, 1.82) is 0 Å². The van der Waals surface area contributed by atoms with E-state index in [1.807, 2.05) is 0 Å². The van der Waals surface area contributed by atoms with Gasteiger partial charge in [0.1, 0.15) is 0 Å². The van der Waals surface area contributed by atoms with Gasteiger partial charge in [-0.25, -0.2) is 0 Å². The first kappa shape index (κ1) is 16.0. The number of thiocarbonyl (C=S) groups is 1. The smallest absolute Gasteiger partial charge is 0.167 e. The minimum absolute atomic E-state index is 0.118. The summed E-state index contributed by atoms with van der Waals surface area (Å²) in [4.78, 5) is 1.28. The third-order valence-corrected chi connectivity index (χ3v) is 4.56. The normalized spacial score (nSPS) is 11.9. The van der Waals surface area contributed by atoms with Gasteiger partial charge < -0.3 is 10.6 Å². The molecule has 2 N–H and O–H groups in total. The average molecular weight is 319 g/mol. The highest BCUT2D eigenvalue weighted by atomic mass is 32.1. The van der Waals surface area contributed by atoms with E-state index in [2.05, 4.69) is 66.3 Å². The highest BCUT2D eigenvalue weighted by molar-refractivity contribution is 7.80. The van der Waals surface area contributed by atoms with E-state index in [1.165, 1.54) is 16.0 Å². The Hall–Kier alpha value is -1.39. The molecule has 0 unspecified atom stereocenters. The van der Waals surface area contributed by atoms with Crippen molar-refractivity contribution in [1.82, 2.24) is 10.6 Å². The van der Waals surface area contributed by atoms with Gasteiger partial charge in [-0.3, -0.25) is 0 Å². The molecule has 112 valence electrons. The molecule has 0 bridgehead atoms.